The molecule has 1 aliphatic heterocycles. The number of benzene rings is 1. The van der Waals surface area contributed by atoms with Crippen LogP contribution in [0.2, 0.25) is 0 Å². The summed E-state index contributed by atoms with van der Waals surface area (Å²) in [5, 5.41) is 3.62. The van der Waals surface area contributed by atoms with Crippen LogP contribution < -0.4 is 10.2 Å². The third-order valence-electron chi connectivity index (χ3n) is 4.64. The van der Waals surface area contributed by atoms with E-state index in [-0.39, 0.29) is 0 Å². The van der Waals surface area contributed by atoms with Gasteiger partial charge < -0.3 is 15.1 Å². The SMILES string of the molecule is CCCNC(C)c1ccccc1N1CCC(N(C)C)CC1. The Morgan fingerprint density at radius 1 is 1.24 bits per heavy atom. The summed E-state index contributed by atoms with van der Waals surface area (Å²) in [6.07, 6.45) is 3.71. The molecule has 1 fully saturated rings. The van der Waals surface area contributed by atoms with Gasteiger partial charge in [0.1, 0.15) is 0 Å². The van der Waals surface area contributed by atoms with Crippen molar-refractivity contribution in [3.05, 3.63) is 29.8 Å². The fraction of sp³-hybridized carbons (Fsp3) is 0.667. The first-order valence-corrected chi connectivity index (χ1v) is 8.37. The van der Waals surface area contributed by atoms with Crippen LogP contribution in [0.15, 0.2) is 24.3 Å². The van der Waals surface area contributed by atoms with Crippen LogP contribution in [0.3, 0.4) is 0 Å². The van der Waals surface area contributed by atoms with Gasteiger partial charge in [-0.05, 0) is 58.5 Å². The van der Waals surface area contributed by atoms with Crippen LogP contribution in [0.4, 0.5) is 5.69 Å². The van der Waals surface area contributed by atoms with E-state index in [9.17, 15) is 0 Å². The molecule has 0 aliphatic carbocycles. The van der Waals surface area contributed by atoms with Crippen LogP contribution >= 0.6 is 0 Å². The molecule has 1 atom stereocenters. The van der Waals surface area contributed by atoms with E-state index in [2.05, 4.69) is 67.3 Å². The summed E-state index contributed by atoms with van der Waals surface area (Å²) < 4.78 is 0. The van der Waals surface area contributed by atoms with Gasteiger partial charge in [-0.2, -0.15) is 0 Å². The summed E-state index contributed by atoms with van der Waals surface area (Å²) in [5.74, 6) is 0. The second-order valence-corrected chi connectivity index (χ2v) is 6.42. The molecule has 0 amide bonds. The van der Waals surface area contributed by atoms with E-state index >= 15 is 0 Å². The molecule has 3 heteroatoms. The molecule has 0 bridgehead atoms. The molecule has 21 heavy (non-hydrogen) atoms. The molecule has 1 aromatic rings. The van der Waals surface area contributed by atoms with Crippen LogP contribution in [0, 0.1) is 0 Å². The Kier molecular flexibility index (Phi) is 6.07. The molecular weight excluding hydrogens is 258 g/mol. The number of hydrogen-bond acceptors (Lipinski definition) is 3. The lowest BCUT2D eigenvalue weighted by molar-refractivity contribution is 0.249. The van der Waals surface area contributed by atoms with Crippen molar-refractivity contribution in [1.82, 2.24) is 10.2 Å². The first-order chi connectivity index (χ1) is 10.1. The van der Waals surface area contributed by atoms with Crippen LogP contribution in [0.25, 0.3) is 0 Å². The highest BCUT2D eigenvalue weighted by molar-refractivity contribution is 5.55. The van der Waals surface area contributed by atoms with Crippen molar-refractivity contribution in [1.29, 1.82) is 0 Å². The Hall–Kier alpha value is -1.06. The zero-order chi connectivity index (χ0) is 15.2. The molecule has 1 saturated heterocycles. The normalized spacial score (nSPS) is 18.2. The van der Waals surface area contributed by atoms with Crippen molar-refractivity contribution in [2.75, 3.05) is 38.6 Å². The molecule has 0 spiro atoms. The lowest BCUT2D eigenvalue weighted by Gasteiger charge is -2.38. The van der Waals surface area contributed by atoms with Crippen molar-refractivity contribution < 1.29 is 0 Å². The lowest BCUT2D eigenvalue weighted by atomic mass is 10.00. The molecule has 0 aromatic heterocycles. The van der Waals surface area contributed by atoms with E-state index in [0.29, 0.717) is 6.04 Å². The van der Waals surface area contributed by atoms with Crippen LogP contribution in [-0.2, 0) is 0 Å². The van der Waals surface area contributed by atoms with Gasteiger partial charge in [0.15, 0.2) is 0 Å². The predicted octanol–water partition coefficient (Wildman–Crippen LogP) is 3.28. The number of nitrogens with zero attached hydrogens (tertiary/aromatic N) is 2. The molecule has 3 nitrogen and oxygen atoms in total. The number of rotatable bonds is 6. The first kappa shape index (κ1) is 16.3. The standard InChI is InChI=1S/C18H31N3/c1-5-12-19-15(2)17-8-6-7-9-18(17)21-13-10-16(11-14-21)20(3)4/h6-9,15-16,19H,5,10-14H2,1-4H3. The Labute approximate surface area is 130 Å². The van der Waals surface area contributed by atoms with Gasteiger partial charge in [0.2, 0.25) is 0 Å². The van der Waals surface area contributed by atoms with Crippen molar-refractivity contribution in [3.8, 4) is 0 Å². The van der Waals surface area contributed by atoms with Gasteiger partial charge in [-0.1, -0.05) is 25.1 Å². The third-order valence-corrected chi connectivity index (χ3v) is 4.64. The van der Waals surface area contributed by atoms with Gasteiger partial charge in [-0.3, -0.25) is 0 Å². The Morgan fingerprint density at radius 3 is 2.52 bits per heavy atom. The first-order valence-electron chi connectivity index (χ1n) is 8.37. The molecule has 1 aromatic carbocycles. The summed E-state index contributed by atoms with van der Waals surface area (Å²) >= 11 is 0. The van der Waals surface area contributed by atoms with Crippen LogP contribution in [0.1, 0.15) is 44.7 Å². The van der Waals surface area contributed by atoms with E-state index in [1.54, 1.807) is 0 Å². The summed E-state index contributed by atoms with van der Waals surface area (Å²) in [4.78, 5) is 4.94. The highest BCUT2D eigenvalue weighted by Gasteiger charge is 2.23. The maximum Gasteiger partial charge on any atom is 0.0414 e. The summed E-state index contributed by atoms with van der Waals surface area (Å²) in [6, 6.07) is 10.1. The van der Waals surface area contributed by atoms with E-state index < -0.39 is 0 Å². The summed E-state index contributed by atoms with van der Waals surface area (Å²) in [6.45, 7) is 7.91. The quantitative estimate of drug-likeness (QED) is 0.867. The van der Waals surface area contributed by atoms with Crippen LogP contribution in [0.5, 0.6) is 0 Å². The Bertz CT molecular complexity index is 422. The number of para-hydroxylation sites is 1. The van der Waals surface area contributed by atoms with Gasteiger partial charge in [-0.15, -0.1) is 0 Å². The summed E-state index contributed by atoms with van der Waals surface area (Å²) in [7, 11) is 4.40. The second-order valence-electron chi connectivity index (χ2n) is 6.42. The van der Waals surface area contributed by atoms with Crippen molar-refractivity contribution in [2.24, 2.45) is 0 Å². The van der Waals surface area contributed by atoms with Crippen molar-refractivity contribution in [3.63, 3.8) is 0 Å². The number of nitrogens with one attached hydrogen (secondary N) is 1. The summed E-state index contributed by atoms with van der Waals surface area (Å²) in [5.41, 5.74) is 2.86. The molecule has 1 N–H and O–H groups in total. The largest absolute Gasteiger partial charge is 0.371 e. The van der Waals surface area contributed by atoms with E-state index in [0.717, 1.165) is 12.6 Å². The molecule has 1 aliphatic rings. The minimum atomic E-state index is 0.424. The molecule has 1 unspecified atom stereocenters. The van der Waals surface area contributed by atoms with Gasteiger partial charge in [0, 0.05) is 30.9 Å². The Morgan fingerprint density at radius 2 is 1.90 bits per heavy atom. The highest BCUT2D eigenvalue weighted by atomic mass is 15.2. The maximum absolute atomic E-state index is 3.62. The van der Waals surface area contributed by atoms with Gasteiger partial charge in [-0.25, -0.2) is 0 Å². The Balaban J connectivity index is 2.06. The molecule has 118 valence electrons. The molecule has 0 saturated carbocycles. The second kappa shape index (κ2) is 7.81. The molecule has 0 radical (unpaired) electrons. The number of hydrogen-bond donors (Lipinski definition) is 1. The van der Waals surface area contributed by atoms with Crippen molar-refractivity contribution >= 4 is 5.69 Å². The van der Waals surface area contributed by atoms with Crippen molar-refractivity contribution in [2.45, 2.75) is 45.2 Å². The zero-order valence-electron chi connectivity index (χ0n) is 14.1. The predicted molar refractivity (Wildman–Crippen MR) is 92.1 cm³/mol. The van der Waals surface area contributed by atoms with Crippen LogP contribution in [-0.4, -0.2) is 44.7 Å². The topological polar surface area (TPSA) is 18.5 Å². The fourth-order valence-electron chi connectivity index (χ4n) is 3.24. The number of anilines is 1. The fourth-order valence-corrected chi connectivity index (χ4v) is 3.24. The smallest absolute Gasteiger partial charge is 0.0414 e. The number of piperidine rings is 1. The average Bonchev–Trinajstić information content (AvgIpc) is 2.52. The zero-order valence-corrected chi connectivity index (χ0v) is 14.1. The average molecular weight is 289 g/mol. The van der Waals surface area contributed by atoms with Gasteiger partial charge >= 0.3 is 0 Å². The third kappa shape index (κ3) is 4.21. The van der Waals surface area contributed by atoms with E-state index in [1.807, 2.05) is 0 Å². The monoisotopic (exact) mass is 289 g/mol. The van der Waals surface area contributed by atoms with Gasteiger partial charge in [0.25, 0.3) is 0 Å². The lowest BCUT2D eigenvalue weighted by Crippen LogP contribution is -2.42. The molecule has 1 heterocycles. The molecule has 2 rings (SSSR count). The minimum Gasteiger partial charge on any atom is -0.371 e. The van der Waals surface area contributed by atoms with E-state index in [1.165, 1.54) is 43.6 Å². The van der Waals surface area contributed by atoms with Gasteiger partial charge in [0.05, 0.1) is 0 Å². The maximum atomic E-state index is 3.62. The minimum absolute atomic E-state index is 0.424. The molecular formula is C18H31N3. The highest BCUT2D eigenvalue weighted by Crippen LogP contribution is 2.29. The van der Waals surface area contributed by atoms with E-state index in [4.69, 9.17) is 0 Å².